The maximum atomic E-state index is 11.4. The Labute approximate surface area is 211 Å². The standard InChI is InChI=1S/C30H32O6/c1-19-14-24(36-29-8-3-4-13-33-29)10-11-25(19)22-7-5-6-21(15-22)17-34-23-9-12-26-27(20(2)30(31)32)18-35-28(26)16-23/h5-7,9-12,14-16,20,27,29H,3-4,8,13,17-18H2,1-2H3,(H,31,32). The summed E-state index contributed by atoms with van der Waals surface area (Å²) in [5, 5.41) is 9.34. The number of hydrogen-bond donors (Lipinski definition) is 1. The number of carbonyl (C=O) groups is 1. The molecule has 3 aromatic carbocycles. The van der Waals surface area contributed by atoms with Gasteiger partial charge in [-0.3, -0.25) is 4.79 Å². The van der Waals surface area contributed by atoms with Crippen LogP contribution in [0.4, 0.5) is 0 Å². The van der Waals surface area contributed by atoms with Gasteiger partial charge in [0.1, 0.15) is 23.9 Å². The average molecular weight is 489 g/mol. The van der Waals surface area contributed by atoms with Gasteiger partial charge in [0, 0.05) is 24.0 Å². The largest absolute Gasteiger partial charge is 0.492 e. The third-order valence-corrected chi connectivity index (χ3v) is 7.04. The number of aliphatic carboxylic acids is 1. The maximum absolute atomic E-state index is 11.4. The third-order valence-electron chi connectivity index (χ3n) is 7.04. The molecule has 1 fully saturated rings. The second kappa shape index (κ2) is 10.6. The lowest BCUT2D eigenvalue weighted by Crippen LogP contribution is -2.24. The molecule has 188 valence electrons. The Morgan fingerprint density at radius 2 is 1.94 bits per heavy atom. The molecule has 3 aromatic rings. The summed E-state index contributed by atoms with van der Waals surface area (Å²) in [5.74, 6) is 0.791. The SMILES string of the molecule is Cc1cc(OC2CCCCO2)ccc1-c1cccc(COc2ccc3c(c2)OCC3C(C)C(=O)O)c1. The third kappa shape index (κ3) is 5.34. The summed E-state index contributed by atoms with van der Waals surface area (Å²) >= 11 is 0. The van der Waals surface area contributed by atoms with Crippen LogP contribution in [0.5, 0.6) is 17.2 Å². The first kappa shape index (κ1) is 24.2. The van der Waals surface area contributed by atoms with Crippen LogP contribution in [-0.4, -0.2) is 30.6 Å². The first-order chi connectivity index (χ1) is 17.5. The molecule has 2 aliphatic rings. The van der Waals surface area contributed by atoms with E-state index in [1.807, 2.05) is 36.4 Å². The molecule has 3 unspecified atom stereocenters. The number of ether oxygens (including phenoxy) is 4. The summed E-state index contributed by atoms with van der Waals surface area (Å²) in [4.78, 5) is 11.4. The van der Waals surface area contributed by atoms with Gasteiger partial charge in [0.25, 0.3) is 0 Å². The zero-order valence-electron chi connectivity index (χ0n) is 20.7. The molecule has 0 bridgehead atoms. The van der Waals surface area contributed by atoms with E-state index in [0.29, 0.717) is 24.7 Å². The molecule has 6 nitrogen and oxygen atoms in total. The molecule has 3 atom stereocenters. The van der Waals surface area contributed by atoms with Crippen LogP contribution in [0.2, 0.25) is 0 Å². The van der Waals surface area contributed by atoms with Gasteiger partial charge in [-0.2, -0.15) is 0 Å². The summed E-state index contributed by atoms with van der Waals surface area (Å²) in [6, 6.07) is 20.2. The molecule has 0 spiro atoms. The molecule has 1 saturated heterocycles. The van der Waals surface area contributed by atoms with Gasteiger partial charge in [-0.05, 0) is 66.3 Å². The van der Waals surface area contributed by atoms with Crippen LogP contribution in [0, 0.1) is 12.8 Å². The first-order valence-corrected chi connectivity index (χ1v) is 12.6. The number of fused-ring (bicyclic) bond motifs is 1. The Morgan fingerprint density at radius 3 is 2.72 bits per heavy atom. The Kier molecular flexibility index (Phi) is 7.14. The number of benzene rings is 3. The molecule has 0 aliphatic carbocycles. The van der Waals surface area contributed by atoms with Crippen molar-refractivity contribution in [3.8, 4) is 28.4 Å². The van der Waals surface area contributed by atoms with Crippen LogP contribution < -0.4 is 14.2 Å². The van der Waals surface area contributed by atoms with Crippen molar-refractivity contribution in [3.05, 3.63) is 77.4 Å². The van der Waals surface area contributed by atoms with Crippen molar-refractivity contribution < 1.29 is 28.8 Å². The second-order valence-corrected chi connectivity index (χ2v) is 9.62. The van der Waals surface area contributed by atoms with Crippen molar-refractivity contribution in [2.75, 3.05) is 13.2 Å². The van der Waals surface area contributed by atoms with Gasteiger partial charge in [-0.15, -0.1) is 0 Å². The molecule has 5 rings (SSSR count). The normalized spacial score (nSPS) is 19.7. The molecule has 1 N–H and O–H groups in total. The molecule has 6 heteroatoms. The predicted octanol–water partition coefficient (Wildman–Crippen LogP) is 6.34. The highest BCUT2D eigenvalue weighted by atomic mass is 16.7. The van der Waals surface area contributed by atoms with Crippen LogP contribution in [0.25, 0.3) is 11.1 Å². The molecule has 2 aliphatic heterocycles. The summed E-state index contributed by atoms with van der Waals surface area (Å²) in [6.07, 6.45) is 3.02. The average Bonchev–Trinajstić information content (AvgIpc) is 3.31. The fourth-order valence-electron chi connectivity index (χ4n) is 4.88. The Bertz CT molecular complexity index is 1230. The minimum absolute atomic E-state index is 0.140. The monoisotopic (exact) mass is 488 g/mol. The van der Waals surface area contributed by atoms with Crippen LogP contribution in [0.3, 0.4) is 0 Å². The van der Waals surface area contributed by atoms with Gasteiger partial charge in [0.2, 0.25) is 0 Å². The van der Waals surface area contributed by atoms with E-state index in [2.05, 4.69) is 31.2 Å². The van der Waals surface area contributed by atoms with E-state index >= 15 is 0 Å². The fourth-order valence-corrected chi connectivity index (χ4v) is 4.88. The maximum Gasteiger partial charge on any atom is 0.306 e. The van der Waals surface area contributed by atoms with Crippen molar-refractivity contribution in [3.63, 3.8) is 0 Å². The molecule has 0 radical (unpaired) electrons. The van der Waals surface area contributed by atoms with Crippen molar-refractivity contribution in [1.29, 1.82) is 0 Å². The van der Waals surface area contributed by atoms with Gasteiger partial charge in [0.15, 0.2) is 6.29 Å². The van der Waals surface area contributed by atoms with Crippen molar-refractivity contribution in [1.82, 2.24) is 0 Å². The Hall–Kier alpha value is -3.51. The van der Waals surface area contributed by atoms with Gasteiger partial charge in [-0.25, -0.2) is 0 Å². The van der Waals surface area contributed by atoms with Crippen LogP contribution in [-0.2, 0) is 16.1 Å². The summed E-state index contributed by atoms with van der Waals surface area (Å²) in [7, 11) is 0. The van der Waals surface area contributed by atoms with Gasteiger partial charge in [0.05, 0.1) is 19.1 Å². The smallest absolute Gasteiger partial charge is 0.306 e. The van der Waals surface area contributed by atoms with E-state index < -0.39 is 11.9 Å². The highest BCUT2D eigenvalue weighted by Crippen LogP contribution is 2.40. The molecular formula is C30H32O6. The van der Waals surface area contributed by atoms with Crippen LogP contribution in [0.1, 0.15) is 48.8 Å². The molecule has 0 aromatic heterocycles. The summed E-state index contributed by atoms with van der Waals surface area (Å²) in [6.45, 7) is 5.37. The Morgan fingerprint density at radius 1 is 1.08 bits per heavy atom. The number of carboxylic acids is 1. The minimum atomic E-state index is -0.813. The quantitative estimate of drug-likeness (QED) is 0.399. The zero-order chi connectivity index (χ0) is 25.1. The van der Waals surface area contributed by atoms with Crippen molar-refractivity contribution in [2.45, 2.75) is 51.9 Å². The van der Waals surface area contributed by atoms with Gasteiger partial charge < -0.3 is 24.1 Å². The van der Waals surface area contributed by atoms with E-state index in [1.54, 1.807) is 6.92 Å². The zero-order valence-corrected chi connectivity index (χ0v) is 20.7. The molecule has 0 saturated carbocycles. The Balaban J connectivity index is 1.24. The van der Waals surface area contributed by atoms with Gasteiger partial charge in [-0.1, -0.05) is 37.3 Å². The predicted molar refractivity (Wildman–Crippen MR) is 137 cm³/mol. The number of aryl methyl sites for hydroxylation is 1. The molecule has 2 heterocycles. The fraction of sp³-hybridized carbons (Fsp3) is 0.367. The molecular weight excluding hydrogens is 456 g/mol. The highest BCUT2D eigenvalue weighted by molar-refractivity contribution is 5.72. The number of rotatable bonds is 8. The number of hydrogen-bond acceptors (Lipinski definition) is 5. The van der Waals surface area contributed by atoms with Crippen molar-refractivity contribution in [2.24, 2.45) is 5.92 Å². The topological polar surface area (TPSA) is 74.2 Å². The van der Waals surface area contributed by atoms with E-state index in [4.69, 9.17) is 18.9 Å². The van der Waals surface area contributed by atoms with E-state index in [1.165, 1.54) is 0 Å². The summed E-state index contributed by atoms with van der Waals surface area (Å²) < 4.78 is 23.5. The molecule has 36 heavy (non-hydrogen) atoms. The highest BCUT2D eigenvalue weighted by Gasteiger charge is 2.33. The molecule has 0 amide bonds. The van der Waals surface area contributed by atoms with E-state index in [-0.39, 0.29) is 12.2 Å². The number of carboxylic acid groups (broad SMARTS) is 1. The van der Waals surface area contributed by atoms with Gasteiger partial charge >= 0.3 is 5.97 Å². The summed E-state index contributed by atoms with van der Waals surface area (Å²) in [5.41, 5.74) is 5.40. The van der Waals surface area contributed by atoms with E-state index in [0.717, 1.165) is 59.4 Å². The first-order valence-electron chi connectivity index (χ1n) is 12.6. The van der Waals surface area contributed by atoms with Crippen LogP contribution in [0.15, 0.2) is 60.7 Å². The van der Waals surface area contributed by atoms with Crippen LogP contribution >= 0.6 is 0 Å². The minimum Gasteiger partial charge on any atom is -0.492 e. The lowest BCUT2D eigenvalue weighted by molar-refractivity contribution is -0.142. The van der Waals surface area contributed by atoms with E-state index in [9.17, 15) is 9.90 Å². The lowest BCUT2D eigenvalue weighted by Gasteiger charge is -2.23. The lowest BCUT2D eigenvalue weighted by atomic mass is 9.89. The second-order valence-electron chi connectivity index (χ2n) is 9.62. The van der Waals surface area contributed by atoms with Crippen molar-refractivity contribution >= 4 is 5.97 Å².